The number of carbonyl (C=O) groups is 1. The van der Waals surface area contributed by atoms with Crippen LogP contribution >= 0.6 is 0 Å². The molecule has 0 spiro atoms. The summed E-state index contributed by atoms with van der Waals surface area (Å²) >= 11 is 0. The average Bonchev–Trinajstić information content (AvgIpc) is 3.15. The van der Waals surface area contributed by atoms with E-state index in [1.165, 1.54) is 11.6 Å². The van der Waals surface area contributed by atoms with E-state index in [2.05, 4.69) is 23.3 Å². The van der Waals surface area contributed by atoms with Crippen molar-refractivity contribution in [2.45, 2.75) is 52.0 Å². The molecule has 0 saturated carbocycles. The van der Waals surface area contributed by atoms with E-state index in [9.17, 15) is 14.9 Å². The summed E-state index contributed by atoms with van der Waals surface area (Å²) in [5.41, 5.74) is 4.04. The zero-order valence-electron chi connectivity index (χ0n) is 17.1. The number of nitro benzene ring substituents is 1. The summed E-state index contributed by atoms with van der Waals surface area (Å²) in [5.74, 6) is -0.336. The quantitative estimate of drug-likeness (QED) is 0.413. The molecule has 2 atom stereocenters. The number of benzene rings is 2. The number of nitrogens with zero attached hydrogens (tertiary/aromatic N) is 1. The Bertz CT molecular complexity index is 1030. The molecule has 6 heteroatoms. The molecule has 152 valence electrons. The lowest BCUT2D eigenvalue weighted by atomic mass is 9.87. The van der Waals surface area contributed by atoms with Crippen LogP contribution in [0.4, 0.5) is 5.69 Å². The van der Waals surface area contributed by atoms with Crippen molar-refractivity contribution >= 4 is 22.5 Å². The molecule has 0 radical (unpaired) electrons. The van der Waals surface area contributed by atoms with Gasteiger partial charge in [-0.2, -0.15) is 0 Å². The van der Waals surface area contributed by atoms with Crippen molar-refractivity contribution in [2.24, 2.45) is 0 Å². The van der Waals surface area contributed by atoms with Crippen LogP contribution in [0.25, 0.3) is 10.9 Å². The highest BCUT2D eigenvalue weighted by atomic mass is 16.6. The van der Waals surface area contributed by atoms with Crippen LogP contribution in [0, 0.1) is 10.1 Å². The second-order valence-electron chi connectivity index (χ2n) is 7.42. The molecule has 2 N–H and O–H groups in total. The van der Waals surface area contributed by atoms with Crippen molar-refractivity contribution in [3.8, 4) is 0 Å². The third-order valence-electron chi connectivity index (χ3n) is 5.48. The lowest BCUT2D eigenvalue weighted by Gasteiger charge is -2.19. The molecule has 29 heavy (non-hydrogen) atoms. The fourth-order valence-corrected chi connectivity index (χ4v) is 3.71. The predicted octanol–water partition coefficient (Wildman–Crippen LogP) is 5.08. The van der Waals surface area contributed by atoms with E-state index in [-0.39, 0.29) is 30.0 Å². The molecule has 0 aliphatic heterocycles. The molecule has 1 heterocycles. The molecule has 0 saturated heterocycles. The molecule has 0 unspecified atom stereocenters. The summed E-state index contributed by atoms with van der Waals surface area (Å²) in [6.45, 7) is 6.10. The SMILES string of the molecule is CCc1cccc2c([C@H](CC(=O)N[C@H](C)CC)c3cccc([N+](=O)[O-])c3)c[nH]c12. The van der Waals surface area contributed by atoms with E-state index in [1.807, 2.05) is 38.2 Å². The molecule has 0 fully saturated rings. The maximum Gasteiger partial charge on any atom is 0.269 e. The van der Waals surface area contributed by atoms with Crippen molar-refractivity contribution < 1.29 is 9.72 Å². The van der Waals surface area contributed by atoms with Crippen LogP contribution in [0.5, 0.6) is 0 Å². The van der Waals surface area contributed by atoms with Gasteiger partial charge in [0.25, 0.3) is 5.69 Å². The van der Waals surface area contributed by atoms with Crippen LogP contribution < -0.4 is 5.32 Å². The molecule has 3 aromatic rings. The molecular formula is C23H27N3O3. The number of hydrogen-bond donors (Lipinski definition) is 2. The fraction of sp³-hybridized carbons (Fsp3) is 0.348. The Morgan fingerprint density at radius 3 is 2.66 bits per heavy atom. The zero-order valence-corrected chi connectivity index (χ0v) is 17.1. The van der Waals surface area contributed by atoms with Crippen LogP contribution in [-0.2, 0) is 11.2 Å². The summed E-state index contributed by atoms with van der Waals surface area (Å²) in [6, 6.07) is 12.8. The van der Waals surface area contributed by atoms with E-state index in [4.69, 9.17) is 0 Å². The number of aromatic nitrogens is 1. The number of carbonyl (C=O) groups excluding carboxylic acids is 1. The number of hydrogen-bond acceptors (Lipinski definition) is 3. The van der Waals surface area contributed by atoms with Gasteiger partial charge in [0.1, 0.15) is 0 Å². The number of amides is 1. The second-order valence-corrected chi connectivity index (χ2v) is 7.42. The summed E-state index contributed by atoms with van der Waals surface area (Å²) in [5, 5.41) is 15.4. The Morgan fingerprint density at radius 2 is 1.97 bits per heavy atom. The molecule has 0 aliphatic carbocycles. The number of aryl methyl sites for hydroxylation is 1. The number of nitro groups is 1. The number of aromatic amines is 1. The van der Waals surface area contributed by atoms with Gasteiger partial charge in [-0.15, -0.1) is 0 Å². The van der Waals surface area contributed by atoms with Crippen molar-refractivity contribution in [2.75, 3.05) is 0 Å². The van der Waals surface area contributed by atoms with E-state index in [0.717, 1.165) is 34.9 Å². The van der Waals surface area contributed by atoms with Gasteiger partial charge in [0, 0.05) is 47.6 Å². The van der Waals surface area contributed by atoms with Gasteiger partial charge in [-0.25, -0.2) is 0 Å². The van der Waals surface area contributed by atoms with Crippen molar-refractivity contribution in [1.29, 1.82) is 0 Å². The molecule has 1 amide bonds. The molecule has 0 aliphatic rings. The minimum absolute atomic E-state index is 0.0314. The summed E-state index contributed by atoms with van der Waals surface area (Å²) in [4.78, 5) is 27.0. The first-order valence-corrected chi connectivity index (χ1v) is 10.1. The van der Waals surface area contributed by atoms with Crippen molar-refractivity contribution in [3.63, 3.8) is 0 Å². The van der Waals surface area contributed by atoms with Gasteiger partial charge >= 0.3 is 0 Å². The van der Waals surface area contributed by atoms with Gasteiger partial charge in [-0.1, -0.05) is 44.2 Å². The molecule has 3 rings (SSSR count). The van der Waals surface area contributed by atoms with Crippen molar-refractivity contribution in [3.05, 3.63) is 75.5 Å². The number of fused-ring (bicyclic) bond motifs is 1. The van der Waals surface area contributed by atoms with Gasteiger partial charge in [-0.05, 0) is 36.5 Å². The van der Waals surface area contributed by atoms with Gasteiger partial charge in [0.2, 0.25) is 5.91 Å². The minimum Gasteiger partial charge on any atom is -0.361 e. The largest absolute Gasteiger partial charge is 0.361 e. The highest BCUT2D eigenvalue weighted by Gasteiger charge is 2.24. The summed E-state index contributed by atoms with van der Waals surface area (Å²) in [7, 11) is 0. The Hall–Kier alpha value is -3.15. The predicted molar refractivity (Wildman–Crippen MR) is 115 cm³/mol. The third kappa shape index (κ3) is 4.47. The molecule has 0 bridgehead atoms. The highest BCUT2D eigenvalue weighted by Crippen LogP contribution is 2.35. The van der Waals surface area contributed by atoms with E-state index in [1.54, 1.807) is 12.1 Å². The van der Waals surface area contributed by atoms with E-state index >= 15 is 0 Å². The number of H-pyrrole nitrogens is 1. The zero-order chi connectivity index (χ0) is 21.0. The molecule has 1 aromatic heterocycles. The molecular weight excluding hydrogens is 366 g/mol. The van der Waals surface area contributed by atoms with Crippen LogP contribution in [0.15, 0.2) is 48.7 Å². The van der Waals surface area contributed by atoms with E-state index in [0.29, 0.717) is 0 Å². The molecule has 2 aromatic carbocycles. The lowest BCUT2D eigenvalue weighted by molar-refractivity contribution is -0.384. The fourth-order valence-electron chi connectivity index (χ4n) is 3.71. The van der Waals surface area contributed by atoms with Gasteiger partial charge < -0.3 is 10.3 Å². The maximum absolute atomic E-state index is 12.7. The monoisotopic (exact) mass is 393 g/mol. The summed E-state index contributed by atoms with van der Waals surface area (Å²) in [6.07, 6.45) is 3.91. The number of rotatable bonds is 8. The Balaban J connectivity index is 2.07. The van der Waals surface area contributed by atoms with Crippen molar-refractivity contribution in [1.82, 2.24) is 10.3 Å². The maximum atomic E-state index is 12.7. The number of non-ortho nitro benzene ring substituents is 1. The topological polar surface area (TPSA) is 88.0 Å². The van der Waals surface area contributed by atoms with Crippen LogP contribution in [-0.4, -0.2) is 21.9 Å². The Morgan fingerprint density at radius 1 is 1.21 bits per heavy atom. The smallest absolute Gasteiger partial charge is 0.269 e. The molecule has 6 nitrogen and oxygen atoms in total. The highest BCUT2D eigenvalue weighted by molar-refractivity contribution is 5.88. The lowest BCUT2D eigenvalue weighted by Crippen LogP contribution is -2.33. The third-order valence-corrected chi connectivity index (χ3v) is 5.48. The standard InChI is InChI=1S/C23H27N3O3/c1-4-15(3)25-22(27)13-20(17-9-6-10-18(12-17)26(28)29)21-14-24-23-16(5-2)8-7-11-19(21)23/h6-12,14-15,20,24H,4-5,13H2,1-3H3,(H,25,27)/t15-,20-/m1/s1. The first kappa shape index (κ1) is 20.6. The van der Waals surface area contributed by atoms with Crippen LogP contribution in [0.1, 0.15) is 56.2 Å². The summed E-state index contributed by atoms with van der Waals surface area (Å²) < 4.78 is 0. The number of para-hydroxylation sites is 1. The Kier molecular flexibility index (Phi) is 6.32. The second kappa shape index (κ2) is 8.90. The first-order valence-electron chi connectivity index (χ1n) is 10.1. The number of nitrogens with one attached hydrogen (secondary N) is 2. The Labute approximate surface area is 170 Å². The minimum atomic E-state index is -0.399. The van der Waals surface area contributed by atoms with Gasteiger partial charge in [-0.3, -0.25) is 14.9 Å². The normalized spacial score (nSPS) is 13.2. The van der Waals surface area contributed by atoms with Crippen LogP contribution in [0.3, 0.4) is 0 Å². The first-order chi connectivity index (χ1) is 13.9. The van der Waals surface area contributed by atoms with Crippen LogP contribution in [0.2, 0.25) is 0 Å². The van der Waals surface area contributed by atoms with Gasteiger partial charge in [0.05, 0.1) is 4.92 Å². The van der Waals surface area contributed by atoms with Gasteiger partial charge in [0.15, 0.2) is 0 Å². The average molecular weight is 393 g/mol. The van der Waals surface area contributed by atoms with E-state index < -0.39 is 4.92 Å².